The molecule has 3 aromatic rings. The molecule has 0 unspecified atom stereocenters. The van der Waals surface area contributed by atoms with Crippen LogP contribution in [0.1, 0.15) is 11.4 Å². The minimum absolute atomic E-state index is 0.563. The summed E-state index contributed by atoms with van der Waals surface area (Å²) in [7, 11) is 0. The maximum Gasteiger partial charge on any atom is 0.181 e. The summed E-state index contributed by atoms with van der Waals surface area (Å²) in [6.07, 6.45) is 0. The highest BCUT2D eigenvalue weighted by Crippen LogP contribution is 2.30. The first-order valence-corrected chi connectivity index (χ1v) is 6.06. The van der Waals surface area contributed by atoms with E-state index < -0.39 is 0 Å². The summed E-state index contributed by atoms with van der Waals surface area (Å²) in [6, 6.07) is 9.93. The van der Waals surface area contributed by atoms with Gasteiger partial charge in [-0.25, -0.2) is 4.98 Å². The molecule has 0 saturated carbocycles. The van der Waals surface area contributed by atoms with E-state index >= 15 is 0 Å². The number of anilines is 2. The number of aryl methyl sites for hydroxylation is 2. The molecule has 96 valence electrons. The zero-order valence-electron chi connectivity index (χ0n) is 10.9. The van der Waals surface area contributed by atoms with Crippen LogP contribution < -0.4 is 11.5 Å². The Balaban J connectivity index is 2.38. The summed E-state index contributed by atoms with van der Waals surface area (Å²) < 4.78 is 1.61. The van der Waals surface area contributed by atoms with Crippen LogP contribution in [0.4, 0.5) is 11.5 Å². The van der Waals surface area contributed by atoms with Crippen LogP contribution in [-0.2, 0) is 0 Å². The predicted octanol–water partition coefficient (Wildman–Crippen LogP) is 2.18. The van der Waals surface area contributed by atoms with E-state index in [0.717, 1.165) is 22.5 Å². The number of rotatable bonds is 1. The molecular weight excluding hydrogens is 238 g/mol. The van der Waals surface area contributed by atoms with E-state index in [1.165, 1.54) is 0 Å². The summed E-state index contributed by atoms with van der Waals surface area (Å²) in [5, 5.41) is 4.34. The molecule has 19 heavy (non-hydrogen) atoms. The molecule has 0 bridgehead atoms. The molecule has 0 saturated heterocycles. The van der Waals surface area contributed by atoms with Gasteiger partial charge in [0.15, 0.2) is 5.65 Å². The molecule has 5 heteroatoms. The van der Waals surface area contributed by atoms with E-state index in [2.05, 4.69) is 10.1 Å². The number of aromatic nitrogens is 3. The predicted molar refractivity (Wildman–Crippen MR) is 76.7 cm³/mol. The van der Waals surface area contributed by atoms with Crippen molar-refractivity contribution in [3.63, 3.8) is 0 Å². The third-order valence-corrected chi connectivity index (χ3v) is 3.26. The van der Waals surface area contributed by atoms with Gasteiger partial charge in [-0.15, -0.1) is 0 Å². The largest absolute Gasteiger partial charge is 0.394 e. The summed E-state index contributed by atoms with van der Waals surface area (Å²) in [5.74, 6) is 0.563. The second kappa shape index (κ2) is 3.98. The molecule has 5 nitrogen and oxygen atoms in total. The van der Waals surface area contributed by atoms with Gasteiger partial charge in [-0.1, -0.05) is 30.3 Å². The lowest BCUT2D eigenvalue weighted by Gasteiger charge is -2.10. The fourth-order valence-corrected chi connectivity index (χ4v) is 2.27. The molecule has 4 N–H and O–H groups in total. The van der Waals surface area contributed by atoms with Gasteiger partial charge < -0.3 is 11.5 Å². The van der Waals surface area contributed by atoms with Crippen molar-refractivity contribution in [2.24, 2.45) is 0 Å². The third kappa shape index (κ3) is 1.62. The fraction of sp³-hybridized carbons (Fsp3) is 0.143. The molecule has 0 spiro atoms. The summed E-state index contributed by atoms with van der Waals surface area (Å²) >= 11 is 0. The second-order valence-corrected chi connectivity index (χ2v) is 4.56. The van der Waals surface area contributed by atoms with Gasteiger partial charge >= 0.3 is 0 Å². The van der Waals surface area contributed by atoms with E-state index in [-0.39, 0.29) is 0 Å². The maximum absolute atomic E-state index is 6.24. The van der Waals surface area contributed by atoms with Gasteiger partial charge in [-0.2, -0.15) is 9.61 Å². The Kier molecular flexibility index (Phi) is 2.41. The van der Waals surface area contributed by atoms with Crippen LogP contribution >= 0.6 is 0 Å². The Morgan fingerprint density at radius 3 is 2.37 bits per heavy atom. The van der Waals surface area contributed by atoms with Crippen LogP contribution in [0.5, 0.6) is 0 Å². The first-order chi connectivity index (χ1) is 9.09. The Hall–Kier alpha value is -2.56. The fourth-order valence-electron chi connectivity index (χ4n) is 2.27. The number of benzene rings is 1. The highest BCUT2D eigenvalue weighted by molar-refractivity contribution is 5.80. The normalized spacial score (nSPS) is 11.1. The van der Waals surface area contributed by atoms with Crippen LogP contribution in [0.25, 0.3) is 16.8 Å². The Morgan fingerprint density at radius 2 is 1.68 bits per heavy atom. The topological polar surface area (TPSA) is 82.2 Å². The summed E-state index contributed by atoms with van der Waals surface area (Å²) in [5.41, 5.74) is 16.9. The van der Waals surface area contributed by atoms with Crippen molar-refractivity contribution in [2.75, 3.05) is 11.5 Å². The lowest BCUT2D eigenvalue weighted by molar-refractivity contribution is 0.923. The van der Waals surface area contributed by atoms with Gasteiger partial charge in [0.2, 0.25) is 0 Å². The quantitative estimate of drug-likeness (QED) is 0.696. The minimum atomic E-state index is 0.563. The molecule has 2 aromatic heterocycles. The van der Waals surface area contributed by atoms with Crippen molar-refractivity contribution in [1.82, 2.24) is 14.6 Å². The van der Waals surface area contributed by atoms with Gasteiger partial charge in [0.05, 0.1) is 11.4 Å². The van der Waals surface area contributed by atoms with Crippen molar-refractivity contribution < 1.29 is 0 Å². The third-order valence-electron chi connectivity index (χ3n) is 3.26. The molecular formula is C14H15N5. The van der Waals surface area contributed by atoms with Gasteiger partial charge in [-0.3, -0.25) is 0 Å². The highest BCUT2D eigenvalue weighted by Gasteiger charge is 2.16. The van der Waals surface area contributed by atoms with E-state index in [9.17, 15) is 0 Å². The standard InChI is InChI=1S/C14H15N5/c1-8-11(10-6-4-3-5-7-10)13(16)19-14(17-8)12(15)9(2)18-19/h3-7H,15-16H2,1-2H3. The highest BCUT2D eigenvalue weighted by atomic mass is 15.3. The van der Waals surface area contributed by atoms with E-state index in [4.69, 9.17) is 11.5 Å². The van der Waals surface area contributed by atoms with Crippen molar-refractivity contribution in [3.8, 4) is 11.1 Å². The Morgan fingerprint density at radius 1 is 1.00 bits per heavy atom. The number of fused-ring (bicyclic) bond motifs is 1. The smallest absolute Gasteiger partial charge is 0.181 e. The molecule has 0 fully saturated rings. The molecule has 0 atom stereocenters. The van der Waals surface area contributed by atoms with Crippen molar-refractivity contribution in [2.45, 2.75) is 13.8 Å². The lowest BCUT2D eigenvalue weighted by atomic mass is 10.1. The number of nitrogens with two attached hydrogens (primary N) is 2. The SMILES string of the molecule is Cc1nc2c(N)c(C)nn2c(N)c1-c1ccccc1. The van der Waals surface area contributed by atoms with E-state index in [1.54, 1.807) is 4.52 Å². The average Bonchev–Trinajstić information content (AvgIpc) is 2.68. The van der Waals surface area contributed by atoms with Crippen LogP contribution in [0.2, 0.25) is 0 Å². The summed E-state index contributed by atoms with van der Waals surface area (Å²) in [4.78, 5) is 4.53. The molecule has 3 rings (SSSR count). The molecule has 0 aliphatic carbocycles. The van der Waals surface area contributed by atoms with Gasteiger partial charge in [0.25, 0.3) is 0 Å². The zero-order valence-corrected chi connectivity index (χ0v) is 10.9. The van der Waals surface area contributed by atoms with Crippen molar-refractivity contribution >= 4 is 17.2 Å². The Labute approximate surface area is 110 Å². The summed E-state index contributed by atoms with van der Waals surface area (Å²) in [6.45, 7) is 3.78. The number of nitrogens with zero attached hydrogens (tertiary/aromatic N) is 3. The van der Waals surface area contributed by atoms with Crippen LogP contribution in [-0.4, -0.2) is 14.6 Å². The van der Waals surface area contributed by atoms with Crippen LogP contribution in [0.3, 0.4) is 0 Å². The molecule has 0 amide bonds. The van der Waals surface area contributed by atoms with Crippen molar-refractivity contribution in [1.29, 1.82) is 0 Å². The van der Waals surface area contributed by atoms with Gasteiger partial charge in [-0.05, 0) is 19.4 Å². The number of hydrogen-bond acceptors (Lipinski definition) is 4. The minimum Gasteiger partial charge on any atom is -0.394 e. The maximum atomic E-state index is 6.24. The van der Waals surface area contributed by atoms with E-state index in [0.29, 0.717) is 17.2 Å². The first kappa shape index (κ1) is 11.5. The zero-order chi connectivity index (χ0) is 13.6. The average molecular weight is 253 g/mol. The number of hydrogen-bond donors (Lipinski definition) is 2. The van der Waals surface area contributed by atoms with Crippen LogP contribution in [0.15, 0.2) is 30.3 Å². The number of nitrogen functional groups attached to an aromatic ring is 2. The van der Waals surface area contributed by atoms with Gasteiger partial charge in [0, 0.05) is 5.56 Å². The molecule has 1 aromatic carbocycles. The molecule has 0 aliphatic rings. The molecule has 0 radical (unpaired) electrons. The monoisotopic (exact) mass is 253 g/mol. The Bertz CT molecular complexity index is 759. The van der Waals surface area contributed by atoms with E-state index in [1.807, 2.05) is 44.2 Å². The molecule has 2 heterocycles. The van der Waals surface area contributed by atoms with Crippen LogP contribution in [0, 0.1) is 13.8 Å². The second-order valence-electron chi connectivity index (χ2n) is 4.56. The molecule has 0 aliphatic heterocycles. The lowest BCUT2D eigenvalue weighted by Crippen LogP contribution is -2.05. The van der Waals surface area contributed by atoms with Gasteiger partial charge in [0.1, 0.15) is 11.5 Å². The first-order valence-electron chi connectivity index (χ1n) is 6.06. The van der Waals surface area contributed by atoms with Crippen molar-refractivity contribution in [3.05, 3.63) is 41.7 Å².